The Labute approximate surface area is 164 Å². The summed E-state index contributed by atoms with van der Waals surface area (Å²) in [4.78, 5) is 39.5. The number of benzene rings is 1. The predicted octanol–water partition coefficient (Wildman–Crippen LogP) is 2.01. The lowest BCUT2D eigenvalue weighted by Crippen LogP contribution is -2.44. The molecule has 1 fully saturated rings. The zero-order valence-electron chi connectivity index (χ0n) is 15.7. The van der Waals surface area contributed by atoms with Gasteiger partial charge in [0.15, 0.2) is 0 Å². The molecule has 1 aromatic carbocycles. The molecule has 0 unspecified atom stereocenters. The van der Waals surface area contributed by atoms with Gasteiger partial charge in [-0.2, -0.15) is 0 Å². The Bertz CT molecular complexity index is 679. The standard InChI is InChI=1S/C19H26ClN3O4/c1-3-27-19(26)13-23(10-14-8-9-14)12-18(25)22(2)11-17(24)21-16-7-5-4-6-15(16)20/h4-7,14H,3,8-13H2,1-2H3,(H,21,24). The third-order valence-corrected chi connectivity index (χ3v) is 4.51. The molecule has 0 atom stereocenters. The second-order valence-corrected chi connectivity index (χ2v) is 7.10. The van der Waals surface area contributed by atoms with Crippen LogP contribution in [0.1, 0.15) is 19.8 Å². The number of rotatable bonds is 10. The van der Waals surface area contributed by atoms with Crippen molar-refractivity contribution in [1.29, 1.82) is 0 Å². The maximum atomic E-state index is 12.5. The van der Waals surface area contributed by atoms with Gasteiger partial charge >= 0.3 is 5.97 Å². The molecule has 1 N–H and O–H groups in total. The van der Waals surface area contributed by atoms with Crippen molar-refractivity contribution in [2.45, 2.75) is 19.8 Å². The van der Waals surface area contributed by atoms with Gasteiger partial charge < -0.3 is 15.0 Å². The number of carbonyl (C=O) groups is 3. The van der Waals surface area contributed by atoms with Gasteiger partial charge in [-0.15, -0.1) is 0 Å². The highest BCUT2D eigenvalue weighted by Crippen LogP contribution is 2.29. The molecule has 1 aromatic rings. The number of amides is 2. The number of likely N-dealkylation sites (N-methyl/N-ethyl adjacent to an activating group) is 1. The molecule has 0 heterocycles. The van der Waals surface area contributed by atoms with Crippen LogP contribution in [0.4, 0.5) is 5.69 Å². The fraction of sp³-hybridized carbons (Fsp3) is 0.526. The first-order valence-corrected chi connectivity index (χ1v) is 9.43. The summed E-state index contributed by atoms with van der Waals surface area (Å²) in [5, 5.41) is 3.12. The van der Waals surface area contributed by atoms with Gasteiger partial charge in [-0.25, -0.2) is 0 Å². The number of anilines is 1. The summed E-state index contributed by atoms with van der Waals surface area (Å²) >= 11 is 6.02. The Balaban J connectivity index is 1.85. The van der Waals surface area contributed by atoms with Gasteiger partial charge in [0.05, 0.1) is 37.0 Å². The van der Waals surface area contributed by atoms with Crippen LogP contribution in [0.3, 0.4) is 0 Å². The van der Waals surface area contributed by atoms with Gasteiger partial charge in [0.25, 0.3) is 0 Å². The molecule has 1 saturated carbocycles. The number of esters is 1. The fourth-order valence-corrected chi connectivity index (χ4v) is 2.79. The van der Waals surface area contributed by atoms with Crippen LogP contribution >= 0.6 is 11.6 Å². The fourth-order valence-electron chi connectivity index (χ4n) is 2.61. The quantitative estimate of drug-likeness (QED) is 0.613. The van der Waals surface area contributed by atoms with Crippen LogP contribution < -0.4 is 5.32 Å². The minimum atomic E-state index is -0.343. The summed E-state index contributed by atoms with van der Waals surface area (Å²) in [6.07, 6.45) is 2.23. The molecule has 0 spiro atoms. The number of nitrogens with zero attached hydrogens (tertiary/aromatic N) is 2. The Morgan fingerprint density at radius 1 is 1.19 bits per heavy atom. The van der Waals surface area contributed by atoms with Gasteiger partial charge in [-0.1, -0.05) is 23.7 Å². The van der Waals surface area contributed by atoms with Gasteiger partial charge in [0, 0.05) is 13.6 Å². The van der Waals surface area contributed by atoms with E-state index in [1.165, 1.54) is 4.90 Å². The number of halogens is 1. The summed E-state index contributed by atoms with van der Waals surface area (Å²) in [5.74, 6) is -0.376. The molecule has 0 aliphatic heterocycles. The smallest absolute Gasteiger partial charge is 0.320 e. The van der Waals surface area contributed by atoms with Crippen molar-refractivity contribution in [3.63, 3.8) is 0 Å². The number of nitrogens with one attached hydrogen (secondary N) is 1. The maximum Gasteiger partial charge on any atom is 0.320 e. The predicted molar refractivity (Wildman–Crippen MR) is 104 cm³/mol. The molecule has 1 aliphatic rings. The van der Waals surface area contributed by atoms with Crippen LogP contribution in [0, 0.1) is 5.92 Å². The molecule has 2 amide bonds. The van der Waals surface area contributed by atoms with Crippen LogP contribution in [-0.2, 0) is 19.1 Å². The lowest BCUT2D eigenvalue weighted by atomic mass is 10.3. The van der Waals surface area contributed by atoms with Crippen LogP contribution in [-0.4, -0.2) is 67.4 Å². The zero-order chi connectivity index (χ0) is 19.8. The Morgan fingerprint density at radius 2 is 1.89 bits per heavy atom. The molecule has 0 radical (unpaired) electrons. The van der Waals surface area contributed by atoms with Crippen molar-refractivity contribution in [3.8, 4) is 0 Å². The van der Waals surface area contributed by atoms with E-state index in [1.54, 1.807) is 43.1 Å². The number of carbonyl (C=O) groups excluding carboxylic acids is 3. The molecule has 27 heavy (non-hydrogen) atoms. The first-order valence-electron chi connectivity index (χ1n) is 9.05. The molecule has 7 nitrogen and oxygen atoms in total. The molecule has 8 heteroatoms. The van der Waals surface area contributed by atoms with Crippen molar-refractivity contribution >= 4 is 35.1 Å². The lowest BCUT2D eigenvalue weighted by molar-refractivity contribution is -0.145. The average Bonchev–Trinajstić information content (AvgIpc) is 3.40. The van der Waals surface area contributed by atoms with E-state index in [0.717, 1.165) is 12.8 Å². The molecule has 0 saturated heterocycles. The van der Waals surface area contributed by atoms with E-state index in [2.05, 4.69) is 5.32 Å². The monoisotopic (exact) mass is 395 g/mol. The molecular formula is C19H26ClN3O4. The van der Waals surface area contributed by atoms with Gasteiger partial charge in [0.1, 0.15) is 0 Å². The number of hydrogen-bond acceptors (Lipinski definition) is 5. The Hall–Kier alpha value is -2.12. The Kier molecular flexibility index (Phi) is 8.06. The average molecular weight is 396 g/mol. The van der Waals surface area contributed by atoms with Crippen molar-refractivity contribution in [1.82, 2.24) is 9.80 Å². The van der Waals surface area contributed by atoms with Crippen LogP contribution in [0.5, 0.6) is 0 Å². The van der Waals surface area contributed by atoms with Gasteiger partial charge in [-0.3, -0.25) is 19.3 Å². The summed E-state index contributed by atoms with van der Waals surface area (Å²) < 4.78 is 4.98. The van der Waals surface area contributed by atoms with E-state index >= 15 is 0 Å². The number of ether oxygens (including phenoxy) is 1. The van der Waals surface area contributed by atoms with Crippen molar-refractivity contribution < 1.29 is 19.1 Å². The summed E-state index contributed by atoms with van der Waals surface area (Å²) in [6.45, 7) is 2.80. The first-order chi connectivity index (χ1) is 12.9. The van der Waals surface area contributed by atoms with Gasteiger partial charge in [0.2, 0.25) is 11.8 Å². The van der Waals surface area contributed by atoms with Crippen LogP contribution in [0.25, 0.3) is 0 Å². The third-order valence-electron chi connectivity index (χ3n) is 4.18. The van der Waals surface area contributed by atoms with Crippen LogP contribution in [0.15, 0.2) is 24.3 Å². The SMILES string of the molecule is CCOC(=O)CN(CC(=O)N(C)CC(=O)Nc1ccccc1Cl)CC1CC1. The van der Waals surface area contributed by atoms with E-state index in [1.807, 2.05) is 0 Å². The molecule has 1 aliphatic carbocycles. The lowest BCUT2D eigenvalue weighted by Gasteiger charge is -2.24. The van der Waals surface area contributed by atoms with Crippen molar-refractivity contribution in [2.75, 3.05) is 45.2 Å². The second-order valence-electron chi connectivity index (χ2n) is 6.70. The molecule has 0 bridgehead atoms. The highest BCUT2D eigenvalue weighted by atomic mass is 35.5. The highest BCUT2D eigenvalue weighted by molar-refractivity contribution is 6.33. The molecule has 2 rings (SSSR count). The van der Waals surface area contributed by atoms with Crippen molar-refractivity contribution in [3.05, 3.63) is 29.3 Å². The minimum Gasteiger partial charge on any atom is -0.465 e. The normalized spacial score (nSPS) is 13.3. The van der Waals surface area contributed by atoms with E-state index < -0.39 is 0 Å². The van der Waals surface area contributed by atoms with Crippen molar-refractivity contribution in [2.24, 2.45) is 5.92 Å². The number of hydrogen-bond donors (Lipinski definition) is 1. The number of para-hydroxylation sites is 1. The summed E-state index contributed by atoms with van der Waals surface area (Å²) in [6, 6.07) is 6.91. The van der Waals surface area contributed by atoms with Crippen LogP contribution in [0.2, 0.25) is 5.02 Å². The van der Waals surface area contributed by atoms with E-state index in [0.29, 0.717) is 29.8 Å². The molecule has 148 valence electrons. The zero-order valence-corrected chi connectivity index (χ0v) is 16.5. The largest absolute Gasteiger partial charge is 0.465 e. The minimum absolute atomic E-state index is 0.0746. The topological polar surface area (TPSA) is 79.0 Å². The molecule has 0 aromatic heterocycles. The maximum absolute atomic E-state index is 12.5. The van der Waals surface area contributed by atoms with E-state index in [9.17, 15) is 14.4 Å². The third kappa shape index (κ3) is 7.56. The van der Waals surface area contributed by atoms with E-state index in [-0.39, 0.29) is 37.4 Å². The molecular weight excluding hydrogens is 370 g/mol. The first kappa shape index (κ1) is 21.2. The van der Waals surface area contributed by atoms with E-state index in [4.69, 9.17) is 16.3 Å². The highest BCUT2D eigenvalue weighted by Gasteiger charge is 2.27. The van der Waals surface area contributed by atoms with Gasteiger partial charge in [-0.05, 0) is 37.8 Å². The summed E-state index contributed by atoms with van der Waals surface area (Å²) in [7, 11) is 1.56. The Morgan fingerprint density at radius 3 is 2.52 bits per heavy atom. The second kappa shape index (κ2) is 10.3. The summed E-state index contributed by atoms with van der Waals surface area (Å²) in [5.41, 5.74) is 0.502.